The standard InChI is InChI=1S/C32H38Cl3N3O4/c1-21-14-28(33)31(29(34)15-21)42-13-12-41-27-9-5-22(6-10-27)16-23(18-36)32(39)38(26-7-8-26)20-24-17-25(4-3-11-40-2)37-19-30(24)35/h5-6,9-10,14-15,17,19,23,26H,3-4,7-8,11-13,16,18,20,36H2,1-2H3. The summed E-state index contributed by atoms with van der Waals surface area (Å²) in [5, 5.41) is 1.51. The third kappa shape index (κ3) is 9.22. The fourth-order valence-electron chi connectivity index (χ4n) is 4.78. The number of aromatic nitrogens is 1. The van der Waals surface area contributed by atoms with Gasteiger partial charge in [-0.15, -0.1) is 0 Å². The van der Waals surface area contributed by atoms with Crippen LogP contribution in [-0.2, 0) is 28.9 Å². The lowest BCUT2D eigenvalue weighted by Gasteiger charge is -2.27. The Hall–Kier alpha value is -2.55. The Balaban J connectivity index is 1.32. The van der Waals surface area contributed by atoms with E-state index >= 15 is 0 Å². The number of nitrogens with zero attached hydrogens (tertiary/aromatic N) is 2. The quantitative estimate of drug-likeness (QED) is 0.177. The molecular weight excluding hydrogens is 597 g/mol. The van der Waals surface area contributed by atoms with Crippen molar-refractivity contribution in [3.05, 3.63) is 86.1 Å². The molecule has 1 atom stereocenters. The molecular formula is C32H38Cl3N3O4. The lowest BCUT2D eigenvalue weighted by molar-refractivity contribution is -0.136. The summed E-state index contributed by atoms with van der Waals surface area (Å²) in [4.78, 5) is 20.1. The first-order valence-corrected chi connectivity index (χ1v) is 15.3. The maximum absolute atomic E-state index is 13.7. The number of methoxy groups -OCH3 is 1. The summed E-state index contributed by atoms with van der Waals surface area (Å²) in [5.74, 6) is 0.873. The van der Waals surface area contributed by atoms with E-state index in [1.807, 2.05) is 42.2 Å². The molecule has 1 saturated carbocycles. The monoisotopic (exact) mass is 633 g/mol. The van der Waals surface area contributed by atoms with Crippen LogP contribution in [0.1, 0.15) is 41.6 Å². The maximum Gasteiger partial charge on any atom is 0.227 e. The average molecular weight is 635 g/mol. The van der Waals surface area contributed by atoms with Crippen molar-refractivity contribution in [1.29, 1.82) is 0 Å². The molecule has 7 nitrogen and oxygen atoms in total. The molecule has 0 bridgehead atoms. The van der Waals surface area contributed by atoms with Crippen molar-refractivity contribution < 1.29 is 19.0 Å². The van der Waals surface area contributed by atoms with Crippen LogP contribution in [0, 0.1) is 12.8 Å². The molecule has 0 radical (unpaired) electrons. The van der Waals surface area contributed by atoms with Gasteiger partial charge >= 0.3 is 0 Å². The number of hydrogen-bond acceptors (Lipinski definition) is 6. The van der Waals surface area contributed by atoms with Gasteiger partial charge in [0.25, 0.3) is 0 Å². The van der Waals surface area contributed by atoms with Gasteiger partial charge in [0, 0.05) is 44.7 Å². The van der Waals surface area contributed by atoms with Crippen LogP contribution in [0.15, 0.2) is 48.7 Å². The normalized spacial score (nSPS) is 13.6. The second-order valence-corrected chi connectivity index (χ2v) is 11.8. The zero-order chi connectivity index (χ0) is 30.1. The number of halogens is 3. The van der Waals surface area contributed by atoms with E-state index in [9.17, 15) is 4.79 Å². The minimum atomic E-state index is -0.337. The summed E-state index contributed by atoms with van der Waals surface area (Å²) < 4.78 is 16.7. The Labute approximate surface area is 263 Å². The van der Waals surface area contributed by atoms with Gasteiger partial charge in [0.15, 0.2) is 5.75 Å². The van der Waals surface area contributed by atoms with Crippen LogP contribution in [0.5, 0.6) is 11.5 Å². The van der Waals surface area contributed by atoms with E-state index in [4.69, 9.17) is 54.7 Å². The van der Waals surface area contributed by atoms with Crippen molar-refractivity contribution >= 4 is 40.7 Å². The molecule has 1 fully saturated rings. The fraction of sp³-hybridized carbons (Fsp3) is 0.438. The number of carbonyl (C=O) groups excluding carboxylic acids is 1. The lowest BCUT2D eigenvalue weighted by Crippen LogP contribution is -2.41. The molecule has 1 unspecified atom stereocenters. The molecule has 1 amide bonds. The highest BCUT2D eigenvalue weighted by atomic mass is 35.5. The smallest absolute Gasteiger partial charge is 0.227 e. The number of carbonyl (C=O) groups is 1. The Kier molecular flexibility index (Phi) is 12.2. The molecule has 226 valence electrons. The SMILES string of the molecule is COCCCc1cc(CN(C(=O)C(CN)Cc2ccc(OCCOc3c(Cl)cc(C)cc3Cl)cc2)C2CC2)c(Cl)cn1. The predicted molar refractivity (Wildman–Crippen MR) is 168 cm³/mol. The predicted octanol–water partition coefficient (Wildman–Crippen LogP) is 6.70. The molecule has 0 spiro atoms. The van der Waals surface area contributed by atoms with Crippen molar-refractivity contribution in [3.63, 3.8) is 0 Å². The highest BCUT2D eigenvalue weighted by molar-refractivity contribution is 6.37. The largest absolute Gasteiger partial charge is 0.490 e. The van der Waals surface area contributed by atoms with E-state index in [0.29, 0.717) is 59.4 Å². The molecule has 2 aromatic carbocycles. The van der Waals surface area contributed by atoms with E-state index in [1.54, 1.807) is 25.4 Å². The number of aryl methyl sites for hydroxylation is 2. The molecule has 1 aromatic heterocycles. The van der Waals surface area contributed by atoms with Gasteiger partial charge in [-0.05, 0) is 86.1 Å². The Morgan fingerprint density at radius 1 is 1.02 bits per heavy atom. The summed E-state index contributed by atoms with van der Waals surface area (Å²) in [6.45, 7) is 3.92. The van der Waals surface area contributed by atoms with Crippen molar-refractivity contribution in [3.8, 4) is 11.5 Å². The van der Waals surface area contributed by atoms with E-state index in [2.05, 4.69) is 4.98 Å². The van der Waals surface area contributed by atoms with Crippen molar-refractivity contribution in [1.82, 2.24) is 9.88 Å². The third-order valence-corrected chi connectivity index (χ3v) is 8.07. The Bertz CT molecular complexity index is 1310. The number of nitrogens with two attached hydrogens (primary N) is 1. The number of benzene rings is 2. The van der Waals surface area contributed by atoms with E-state index in [0.717, 1.165) is 48.1 Å². The van der Waals surface area contributed by atoms with Crippen LogP contribution in [0.2, 0.25) is 15.1 Å². The van der Waals surface area contributed by atoms with Crippen molar-refractivity contribution in [2.45, 2.75) is 51.6 Å². The van der Waals surface area contributed by atoms with Crippen LogP contribution in [0.4, 0.5) is 0 Å². The molecule has 4 rings (SSSR count). The van der Waals surface area contributed by atoms with Gasteiger partial charge in [-0.25, -0.2) is 0 Å². The molecule has 1 heterocycles. The molecule has 1 aliphatic carbocycles. The topological polar surface area (TPSA) is 86.9 Å². The van der Waals surface area contributed by atoms with E-state index < -0.39 is 0 Å². The maximum atomic E-state index is 13.7. The van der Waals surface area contributed by atoms with Crippen LogP contribution in [0.3, 0.4) is 0 Å². The minimum Gasteiger partial charge on any atom is -0.490 e. The first-order valence-electron chi connectivity index (χ1n) is 14.2. The fourth-order valence-corrected chi connectivity index (χ4v) is 5.65. The Morgan fingerprint density at radius 2 is 1.71 bits per heavy atom. The highest BCUT2D eigenvalue weighted by Gasteiger charge is 2.36. The number of ether oxygens (including phenoxy) is 3. The third-order valence-electron chi connectivity index (χ3n) is 7.16. The molecule has 1 aliphatic rings. The Morgan fingerprint density at radius 3 is 2.36 bits per heavy atom. The summed E-state index contributed by atoms with van der Waals surface area (Å²) in [5.41, 5.74) is 9.97. The average Bonchev–Trinajstić information content (AvgIpc) is 3.81. The highest BCUT2D eigenvalue weighted by Crippen LogP contribution is 2.34. The molecule has 0 aliphatic heterocycles. The molecule has 3 aromatic rings. The minimum absolute atomic E-state index is 0.0553. The van der Waals surface area contributed by atoms with Gasteiger partial charge in [-0.1, -0.05) is 46.9 Å². The van der Waals surface area contributed by atoms with Gasteiger partial charge in [0.1, 0.15) is 19.0 Å². The molecule has 10 heteroatoms. The van der Waals surface area contributed by atoms with Gasteiger partial charge in [0.05, 0.1) is 21.0 Å². The second kappa shape index (κ2) is 15.8. The zero-order valence-electron chi connectivity index (χ0n) is 24.1. The summed E-state index contributed by atoms with van der Waals surface area (Å²) in [6.07, 6.45) is 5.87. The van der Waals surface area contributed by atoms with Crippen molar-refractivity contribution in [2.24, 2.45) is 11.7 Å². The van der Waals surface area contributed by atoms with Crippen LogP contribution < -0.4 is 15.2 Å². The van der Waals surface area contributed by atoms with Gasteiger partial charge < -0.3 is 24.8 Å². The van der Waals surface area contributed by atoms with Gasteiger partial charge in [-0.3, -0.25) is 9.78 Å². The first-order chi connectivity index (χ1) is 20.3. The van der Waals surface area contributed by atoms with Gasteiger partial charge in [-0.2, -0.15) is 0 Å². The van der Waals surface area contributed by atoms with Crippen LogP contribution >= 0.6 is 34.8 Å². The van der Waals surface area contributed by atoms with Gasteiger partial charge in [0.2, 0.25) is 5.91 Å². The summed E-state index contributed by atoms with van der Waals surface area (Å²) in [7, 11) is 1.69. The first kappa shape index (κ1) is 32.4. The van der Waals surface area contributed by atoms with E-state index in [-0.39, 0.29) is 24.4 Å². The molecule has 0 saturated heterocycles. The molecule has 42 heavy (non-hydrogen) atoms. The lowest BCUT2D eigenvalue weighted by atomic mass is 9.97. The second-order valence-electron chi connectivity index (χ2n) is 10.6. The van der Waals surface area contributed by atoms with Crippen molar-refractivity contribution in [2.75, 3.05) is 33.5 Å². The number of amides is 1. The number of rotatable bonds is 16. The van der Waals surface area contributed by atoms with E-state index in [1.165, 1.54) is 0 Å². The zero-order valence-corrected chi connectivity index (χ0v) is 26.4. The van der Waals surface area contributed by atoms with Crippen LogP contribution in [0.25, 0.3) is 0 Å². The number of hydrogen-bond donors (Lipinski definition) is 1. The molecule has 2 N–H and O–H groups in total. The number of pyridine rings is 1. The summed E-state index contributed by atoms with van der Waals surface area (Å²) >= 11 is 19.0. The van der Waals surface area contributed by atoms with Crippen LogP contribution in [-0.4, -0.2) is 55.3 Å². The summed E-state index contributed by atoms with van der Waals surface area (Å²) in [6, 6.07) is 13.5.